The monoisotopic (exact) mass is 277 g/mol. The van der Waals surface area contributed by atoms with Crippen molar-refractivity contribution in [2.45, 2.75) is 26.8 Å². The average molecular weight is 277 g/mol. The van der Waals surface area contributed by atoms with Crippen LogP contribution in [0.25, 0.3) is 0 Å². The number of nitrogens with one attached hydrogen (secondary N) is 1. The molecular weight excluding hydrogens is 258 g/mol. The molecule has 0 aliphatic rings. The lowest BCUT2D eigenvalue weighted by atomic mass is 10.3. The van der Waals surface area contributed by atoms with Crippen LogP contribution in [0.3, 0.4) is 0 Å². The molecule has 0 unspecified atom stereocenters. The van der Waals surface area contributed by atoms with E-state index in [1.54, 1.807) is 11.3 Å². The second-order valence-electron chi connectivity index (χ2n) is 4.25. The van der Waals surface area contributed by atoms with E-state index in [-0.39, 0.29) is 0 Å². The maximum Gasteiger partial charge on any atom is 0.134 e. The fourth-order valence-corrected chi connectivity index (χ4v) is 2.30. The van der Waals surface area contributed by atoms with Crippen molar-refractivity contribution in [2.24, 2.45) is 0 Å². The van der Waals surface area contributed by atoms with Gasteiger partial charge in [-0.15, -0.1) is 11.3 Å². The van der Waals surface area contributed by atoms with E-state index in [0.717, 1.165) is 42.7 Å². The topological polar surface area (TPSA) is 53.9 Å². The molecule has 2 aromatic rings. The molecule has 0 fully saturated rings. The van der Waals surface area contributed by atoms with Crippen molar-refractivity contribution in [2.75, 3.05) is 23.8 Å². The van der Waals surface area contributed by atoms with Gasteiger partial charge in [-0.05, 0) is 6.92 Å². The predicted molar refractivity (Wildman–Crippen MR) is 79.8 cm³/mol. The third kappa shape index (κ3) is 3.64. The zero-order chi connectivity index (χ0) is 13.7. The quantitative estimate of drug-likeness (QED) is 0.879. The molecule has 0 saturated carbocycles. The maximum absolute atomic E-state index is 4.57. The van der Waals surface area contributed by atoms with Gasteiger partial charge in [-0.1, -0.05) is 6.92 Å². The Hall–Kier alpha value is -1.69. The van der Waals surface area contributed by atoms with Gasteiger partial charge < -0.3 is 10.2 Å². The van der Waals surface area contributed by atoms with Gasteiger partial charge in [0.2, 0.25) is 0 Å². The SMILES string of the molecule is CCNc1cc(N(C)Cc2cscn2)nc(CC)n1. The maximum atomic E-state index is 4.57. The highest BCUT2D eigenvalue weighted by atomic mass is 32.1. The van der Waals surface area contributed by atoms with Gasteiger partial charge >= 0.3 is 0 Å². The Morgan fingerprint density at radius 3 is 2.79 bits per heavy atom. The predicted octanol–water partition coefficient (Wildman–Crippen LogP) is 2.56. The summed E-state index contributed by atoms with van der Waals surface area (Å²) < 4.78 is 0. The van der Waals surface area contributed by atoms with E-state index < -0.39 is 0 Å². The van der Waals surface area contributed by atoms with Crippen molar-refractivity contribution in [3.05, 3.63) is 28.5 Å². The first-order valence-electron chi connectivity index (χ1n) is 6.43. The summed E-state index contributed by atoms with van der Waals surface area (Å²) in [5.41, 5.74) is 2.92. The summed E-state index contributed by atoms with van der Waals surface area (Å²) in [7, 11) is 2.02. The van der Waals surface area contributed by atoms with E-state index in [1.165, 1.54) is 0 Å². The fourth-order valence-electron chi connectivity index (χ4n) is 1.75. The molecule has 6 heteroatoms. The number of thiazole rings is 1. The minimum Gasteiger partial charge on any atom is -0.370 e. The molecular formula is C13H19N5S. The molecule has 0 saturated heterocycles. The van der Waals surface area contributed by atoms with Crippen molar-refractivity contribution in [1.82, 2.24) is 15.0 Å². The van der Waals surface area contributed by atoms with E-state index >= 15 is 0 Å². The normalized spacial score (nSPS) is 10.5. The average Bonchev–Trinajstić information content (AvgIpc) is 2.91. The fraction of sp³-hybridized carbons (Fsp3) is 0.462. The van der Waals surface area contributed by atoms with Gasteiger partial charge in [0.1, 0.15) is 17.5 Å². The van der Waals surface area contributed by atoms with E-state index in [0.29, 0.717) is 0 Å². The summed E-state index contributed by atoms with van der Waals surface area (Å²) in [6.45, 7) is 5.74. The van der Waals surface area contributed by atoms with Crippen LogP contribution in [-0.2, 0) is 13.0 Å². The number of aromatic nitrogens is 3. The second-order valence-corrected chi connectivity index (χ2v) is 4.97. The zero-order valence-electron chi connectivity index (χ0n) is 11.6. The lowest BCUT2D eigenvalue weighted by Crippen LogP contribution is -2.19. The summed E-state index contributed by atoms with van der Waals surface area (Å²) in [4.78, 5) is 15.4. The molecule has 2 aromatic heterocycles. The lowest BCUT2D eigenvalue weighted by Gasteiger charge is -2.18. The van der Waals surface area contributed by atoms with Crippen LogP contribution < -0.4 is 10.2 Å². The van der Waals surface area contributed by atoms with Crippen molar-refractivity contribution < 1.29 is 0 Å². The first kappa shape index (κ1) is 13.7. The molecule has 0 spiro atoms. The van der Waals surface area contributed by atoms with Crippen molar-refractivity contribution in [1.29, 1.82) is 0 Å². The summed E-state index contributed by atoms with van der Waals surface area (Å²) >= 11 is 1.61. The van der Waals surface area contributed by atoms with Gasteiger partial charge in [-0.25, -0.2) is 15.0 Å². The molecule has 0 amide bonds. The Morgan fingerprint density at radius 1 is 1.32 bits per heavy atom. The van der Waals surface area contributed by atoms with Gasteiger partial charge in [-0.2, -0.15) is 0 Å². The second kappa shape index (κ2) is 6.47. The molecule has 2 heterocycles. The van der Waals surface area contributed by atoms with Gasteiger partial charge in [-0.3, -0.25) is 0 Å². The van der Waals surface area contributed by atoms with Crippen LogP contribution in [0.2, 0.25) is 0 Å². The van der Waals surface area contributed by atoms with E-state index in [2.05, 4.69) is 44.4 Å². The molecule has 0 aliphatic carbocycles. The molecule has 2 rings (SSSR count). The molecule has 0 aromatic carbocycles. The third-order valence-corrected chi connectivity index (χ3v) is 3.34. The Labute approximate surface area is 117 Å². The van der Waals surface area contributed by atoms with Crippen molar-refractivity contribution in [3.8, 4) is 0 Å². The zero-order valence-corrected chi connectivity index (χ0v) is 12.4. The van der Waals surface area contributed by atoms with E-state index in [1.807, 2.05) is 18.6 Å². The third-order valence-electron chi connectivity index (χ3n) is 2.71. The standard InChI is InChI=1S/C13H19N5S/c1-4-11-16-12(14-5-2)6-13(17-11)18(3)7-10-8-19-9-15-10/h6,8-9H,4-5,7H2,1-3H3,(H,14,16,17). The van der Waals surface area contributed by atoms with Gasteiger partial charge in [0, 0.05) is 31.5 Å². The highest BCUT2D eigenvalue weighted by Crippen LogP contribution is 2.17. The van der Waals surface area contributed by atoms with Gasteiger partial charge in [0.25, 0.3) is 0 Å². The van der Waals surface area contributed by atoms with Crippen molar-refractivity contribution in [3.63, 3.8) is 0 Å². The van der Waals surface area contributed by atoms with Crippen molar-refractivity contribution >= 4 is 23.0 Å². The Kier molecular flexibility index (Phi) is 4.68. The van der Waals surface area contributed by atoms with Gasteiger partial charge in [0.15, 0.2) is 0 Å². The largest absolute Gasteiger partial charge is 0.370 e. The number of anilines is 2. The Bertz CT molecular complexity index is 512. The number of nitrogens with zero attached hydrogens (tertiary/aromatic N) is 4. The molecule has 19 heavy (non-hydrogen) atoms. The molecule has 1 N–H and O–H groups in total. The van der Waals surface area contributed by atoms with Crippen LogP contribution in [0, 0.1) is 0 Å². The van der Waals surface area contributed by atoms with Crippen LogP contribution in [0.15, 0.2) is 17.0 Å². The highest BCUT2D eigenvalue weighted by Gasteiger charge is 2.09. The summed E-state index contributed by atoms with van der Waals surface area (Å²) in [5.74, 6) is 2.67. The first-order valence-corrected chi connectivity index (χ1v) is 7.37. The summed E-state index contributed by atoms with van der Waals surface area (Å²) in [6.07, 6.45) is 0.830. The molecule has 5 nitrogen and oxygen atoms in total. The number of hydrogen-bond donors (Lipinski definition) is 1. The minimum atomic E-state index is 0.759. The van der Waals surface area contributed by atoms with Crippen LogP contribution in [0.1, 0.15) is 25.4 Å². The molecule has 0 atom stereocenters. The highest BCUT2D eigenvalue weighted by molar-refractivity contribution is 7.07. The van der Waals surface area contributed by atoms with Crippen LogP contribution in [0.5, 0.6) is 0 Å². The van der Waals surface area contributed by atoms with E-state index in [4.69, 9.17) is 0 Å². The number of aryl methyl sites for hydroxylation is 1. The Balaban J connectivity index is 2.19. The molecule has 0 bridgehead atoms. The molecule has 0 radical (unpaired) electrons. The smallest absolute Gasteiger partial charge is 0.134 e. The summed E-state index contributed by atoms with van der Waals surface area (Å²) in [6, 6.07) is 1.98. The number of rotatable bonds is 6. The van der Waals surface area contributed by atoms with Gasteiger partial charge in [0.05, 0.1) is 17.7 Å². The molecule has 0 aliphatic heterocycles. The van der Waals surface area contributed by atoms with Crippen LogP contribution in [0.4, 0.5) is 11.6 Å². The van der Waals surface area contributed by atoms with Crippen LogP contribution in [-0.4, -0.2) is 28.5 Å². The number of hydrogen-bond acceptors (Lipinski definition) is 6. The summed E-state index contributed by atoms with van der Waals surface area (Å²) in [5, 5.41) is 5.30. The molecule has 102 valence electrons. The first-order chi connectivity index (χ1) is 9.22. The van der Waals surface area contributed by atoms with E-state index in [9.17, 15) is 0 Å². The Morgan fingerprint density at radius 2 is 2.16 bits per heavy atom. The minimum absolute atomic E-state index is 0.759. The lowest BCUT2D eigenvalue weighted by molar-refractivity contribution is 0.844. The van der Waals surface area contributed by atoms with Crippen LogP contribution >= 0.6 is 11.3 Å².